The number of rotatable bonds is 6. The highest BCUT2D eigenvalue weighted by molar-refractivity contribution is 9.11. The molecule has 1 N–H and O–H groups in total. The number of aliphatic hydroxyl groups is 1. The molecule has 0 bridgehead atoms. The van der Waals surface area contributed by atoms with Crippen LogP contribution in [0.1, 0.15) is 60.3 Å². The lowest BCUT2D eigenvalue weighted by atomic mass is 9.90. The van der Waals surface area contributed by atoms with Crippen LogP contribution < -0.4 is 0 Å². The van der Waals surface area contributed by atoms with Crippen molar-refractivity contribution in [2.45, 2.75) is 83.7 Å². The Bertz CT molecular complexity index is 400. The average molecular weight is 363 g/mol. The van der Waals surface area contributed by atoms with Crippen LogP contribution in [0.5, 0.6) is 0 Å². The van der Waals surface area contributed by atoms with Crippen molar-refractivity contribution in [1.82, 2.24) is 0 Å². The summed E-state index contributed by atoms with van der Waals surface area (Å²) in [5, 5.41) is 10.1. The van der Waals surface area contributed by atoms with Crippen LogP contribution in [-0.4, -0.2) is 34.5 Å². The Balaban J connectivity index is 2.80. The fourth-order valence-corrected chi connectivity index (χ4v) is 2.93. The third-order valence-electron chi connectivity index (χ3n) is 4.08. The van der Waals surface area contributed by atoms with E-state index in [-0.39, 0.29) is 18.2 Å². The molecule has 0 unspecified atom stereocenters. The molecule has 0 aliphatic carbocycles. The third-order valence-corrected chi connectivity index (χ3v) is 4.86. The van der Waals surface area contributed by atoms with E-state index < -0.39 is 11.2 Å². The molecule has 1 aliphatic rings. The van der Waals surface area contributed by atoms with Crippen LogP contribution in [0.25, 0.3) is 0 Å². The minimum atomic E-state index is -0.885. The van der Waals surface area contributed by atoms with E-state index in [1.807, 2.05) is 18.8 Å². The SMILES string of the molecule is CC(=O)O[C@@H](CC/C(C)=C\Br)[C@@]1(C)CC[C@H](C(C)(C)O)O1. The van der Waals surface area contributed by atoms with Crippen LogP contribution >= 0.6 is 15.9 Å². The lowest BCUT2D eigenvalue weighted by molar-refractivity contribution is -0.180. The van der Waals surface area contributed by atoms with Crippen molar-refractivity contribution in [2.75, 3.05) is 0 Å². The molecular formula is C16H27BrO4. The maximum atomic E-state index is 11.4. The molecule has 4 nitrogen and oxygen atoms in total. The van der Waals surface area contributed by atoms with Crippen molar-refractivity contribution in [1.29, 1.82) is 0 Å². The average Bonchev–Trinajstić information content (AvgIpc) is 2.77. The standard InChI is InChI=1S/C16H27BrO4/c1-11(10-17)6-7-14(20-12(2)18)16(5)9-8-13(21-16)15(3,4)19/h10,13-14,19H,6-9H2,1-5H3/b11-10-/t13-,14+,16-/m1/s1. The van der Waals surface area contributed by atoms with Gasteiger partial charge in [0.2, 0.25) is 0 Å². The normalized spacial score (nSPS) is 28.5. The number of ether oxygens (including phenoxy) is 2. The van der Waals surface area contributed by atoms with Gasteiger partial charge in [-0.25, -0.2) is 0 Å². The van der Waals surface area contributed by atoms with Crippen LogP contribution in [-0.2, 0) is 14.3 Å². The van der Waals surface area contributed by atoms with E-state index in [9.17, 15) is 9.90 Å². The summed E-state index contributed by atoms with van der Waals surface area (Å²) in [5.74, 6) is -0.294. The molecular weight excluding hydrogens is 336 g/mol. The molecule has 0 aromatic heterocycles. The van der Waals surface area contributed by atoms with Gasteiger partial charge in [0.25, 0.3) is 0 Å². The highest BCUT2D eigenvalue weighted by Gasteiger charge is 2.47. The zero-order valence-corrected chi connectivity index (χ0v) is 15.2. The molecule has 0 aromatic carbocycles. The van der Waals surface area contributed by atoms with E-state index in [1.54, 1.807) is 13.8 Å². The van der Waals surface area contributed by atoms with Gasteiger partial charge >= 0.3 is 5.97 Å². The third kappa shape index (κ3) is 5.38. The Morgan fingerprint density at radius 1 is 1.57 bits per heavy atom. The van der Waals surface area contributed by atoms with Gasteiger partial charge in [-0.3, -0.25) is 4.79 Å². The molecule has 0 spiro atoms. The first-order chi connectivity index (χ1) is 9.58. The maximum Gasteiger partial charge on any atom is 0.303 e. The van der Waals surface area contributed by atoms with E-state index in [4.69, 9.17) is 9.47 Å². The lowest BCUT2D eigenvalue weighted by Gasteiger charge is -2.35. The number of esters is 1. The highest BCUT2D eigenvalue weighted by atomic mass is 79.9. The van der Waals surface area contributed by atoms with E-state index in [0.29, 0.717) is 6.42 Å². The zero-order chi connectivity index (χ0) is 16.3. The lowest BCUT2D eigenvalue weighted by Crippen LogP contribution is -2.45. The number of hydrogen-bond donors (Lipinski definition) is 1. The van der Waals surface area contributed by atoms with Crippen LogP contribution in [0.15, 0.2) is 10.6 Å². The molecule has 1 aliphatic heterocycles. The number of hydrogen-bond acceptors (Lipinski definition) is 4. The van der Waals surface area contributed by atoms with Gasteiger partial charge in [0.1, 0.15) is 11.7 Å². The second-order valence-electron chi connectivity index (χ2n) is 6.70. The van der Waals surface area contributed by atoms with Gasteiger partial charge in [-0.2, -0.15) is 0 Å². The van der Waals surface area contributed by atoms with E-state index >= 15 is 0 Å². The Morgan fingerprint density at radius 2 is 2.19 bits per heavy atom. The van der Waals surface area contributed by atoms with E-state index in [1.165, 1.54) is 12.5 Å². The largest absolute Gasteiger partial charge is 0.459 e. The Labute approximate surface area is 136 Å². The second-order valence-corrected chi connectivity index (χ2v) is 7.16. The minimum absolute atomic E-state index is 0.228. The number of carbonyl (C=O) groups is 1. The molecule has 1 saturated heterocycles. The molecule has 0 aromatic rings. The van der Waals surface area contributed by atoms with Crippen LogP contribution in [0.2, 0.25) is 0 Å². The topological polar surface area (TPSA) is 55.8 Å². The summed E-state index contributed by atoms with van der Waals surface area (Å²) < 4.78 is 11.6. The summed E-state index contributed by atoms with van der Waals surface area (Å²) >= 11 is 3.31. The zero-order valence-electron chi connectivity index (χ0n) is 13.6. The molecule has 21 heavy (non-hydrogen) atoms. The minimum Gasteiger partial charge on any atom is -0.459 e. The molecule has 0 radical (unpaired) electrons. The van der Waals surface area contributed by atoms with Gasteiger partial charge in [0, 0.05) is 6.92 Å². The Morgan fingerprint density at radius 3 is 2.62 bits per heavy atom. The van der Waals surface area contributed by atoms with Gasteiger partial charge in [-0.1, -0.05) is 21.5 Å². The highest BCUT2D eigenvalue weighted by Crippen LogP contribution is 2.40. The fraction of sp³-hybridized carbons (Fsp3) is 0.812. The first-order valence-corrected chi connectivity index (χ1v) is 8.33. The van der Waals surface area contributed by atoms with Crippen LogP contribution in [0, 0.1) is 0 Å². The van der Waals surface area contributed by atoms with Crippen molar-refractivity contribution in [3.8, 4) is 0 Å². The van der Waals surface area contributed by atoms with Crippen molar-refractivity contribution >= 4 is 21.9 Å². The summed E-state index contributed by atoms with van der Waals surface area (Å²) in [6.07, 6.45) is 2.55. The Kier molecular flexibility index (Phi) is 6.44. The first-order valence-electron chi connectivity index (χ1n) is 7.42. The summed E-state index contributed by atoms with van der Waals surface area (Å²) in [5.41, 5.74) is -0.236. The molecule has 1 heterocycles. The maximum absolute atomic E-state index is 11.4. The summed E-state index contributed by atoms with van der Waals surface area (Å²) in [6.45, 7) is 8.92. The van der Waals surface area contributed by atoms with Crippen LogP contribution in [0.4, 0.5) is 0 Å². The van der Waals surface area contributed by atoms with Crippen molar-refractivity contribution in [3.63, 3.8) is 0 Å². The molecule has 1 fully saturated rings. The molecule has 5 heteroatoms. The van der Waals surface area contributed by atoms with Crippen molar-refractivity contribution in [3.05, 3.63) is 10.6 Å². The summed E-state index contributed by atoms with van der Waals surface area (Å²) in [7, 11) is 0. The van der Waals surface area contributed by atoms with Gasteiger partial charge in [0.15, 0.2) is 0 Å². The van der Waals surface area contributed by atoms with Crippen molar-refractivity contribution in [2.24, 2.45) is 0 Å². The summed E-state index contributed by atoms with van der Waals surface area (Å²) in [6, 6.07) is 0. The smallest absolute Gasteiger partial charge is 0.303 e. The predicted molar refractivity (Wildman–Crippen MR) is 86.3 cm³/mol. The number of carbonyl (C=O) groups excluding carboxylic acids is 1. The van der Waals surface area contributed by atoms with E-state index in [2.05, 4.69) is 15.9 Å². The quantitative estimate of drug-likeness (QED) is 0.731. The van der Waals surface area contributed by atoms with Gasteiger partial charge < -0.3 is 14.6 Å². The summed E-state index contributed by atoms with van der Waals surface area (Å²) in [4.78, 5) is 13.3. The molecule has 0 saturated carbocycles. The van der Waals surface area contributed by atoms with Gasteiger partial charge in [0.05, 0.1) is 11.7 Å². The second kappa shape index (κ2) is 7.25. The van der Waals surface area contributed by atoms with Crippen LogP contribution in [0.3, 0.4) is 0 Å². The molecule has 122 valence electrons. The van der Waals surface area contributed by atoms with E-state index in [0.717, 1.165) is 19.3 Å². The number of halogens is 1. The van der Waals surface area contributed by atoms with Crippen molar-refractivity contribution < 1.29 is 19.4 Å². The Hall–Kier alpha value is -0.390. The predicted octanol–water partition coefficient (Wildman–Crippen LogP) is 3.71. The molecule has 1 rings (SSSR count). The van der Waals surface area contributed by atoms with Gasteiger partial charge in [-0.05, 0) is 58.4 Å². The fourth-order valence-electron chi connectivity index (χ4n) is 2.70. The van der Waals surface area contributed by atoms with Gasteiger partial charge in [-0.15, -0.1) is 0 Å². The molecule has 0 amide bonds. The first kappa shape index (κ1) is 18.7. The number of allylic oxidation sites excluding steroid dienone is 1. The monoisotopic (exact) mass is 362 g/mol. The molecule has 3 atom stereocenters.